The van der Waals surface area contributed by atoms with Gasteiger partial charge in [0.05, 0.1) is 0 Å². The lowest BCUT2D eigenvalue weighted by Gasteiger charge is -2.00. The molecule has 0 radical (unpaired) electrons. The molecule has 0 fully saturated rings. The zero-order chi connectivity index (χ0) is 7.11. The molecular weight excluding hydrogens is 132 g/mol. The van der Waals surface area contributed by atoms with E-state index < -0.39 is 0 Å². The van der Waals surface area contributed by atoms with Crippen molar-refractivity contribution in [3.8, 4) is 0 Å². The van der Waals surface area contributed by atoms with Crippen molar-refractivity contribution in [3.63, 3.8) is 0 Å². The van der Waals surface area contributed by atoms with Crippen molar-refractivity contribution in [2.24, 2.45) is 0 Å². The second-order valence-electron chi connectivity index (χ2n) is 1.86. The van der Waals surface area contributed by atoms with Crippen LogP contribution in [0, 0.1) is 0 Å². The van der Waals surface area contributed by atoms with Gasteiger partial charge >= 0.3 is 6.03 Å². The van der Waals surface area contributed by atoms with Gasteiger partial charge in [0.2, 0.25) is 0 Å². The van der Waals surface area contributed by atoms with Gasteiger partial charge in [-0.15, -0.1) is 0 Å². The summed E-state index contributed by atoms with van der Waals surface area (Å²) in [5, 5.41) is 5.19. The molecule has 0 aromatic carbocycles. The van der Waals surface area contributed by atoms with Crippen LogP contribution in [0.3, 0.4) is 0 Å². The summed E-state index contributed by atoms with van der Waals surface area (Å²) >= 11 is 0. The van der Waals surface area contributed by atoms with Gasteiger partial charge in [-0.25, -0.2) is 4.79 Å². The molecule has 0 aromatic heterocycles. The zero-order valence-corrected chi connectivity index (χ0v) is 8.03. The van der Waals surface area contributed by atoms with Gasteiger partial charge < -0.3 is 10.6 Å². The van der Waals surface area contributed by atoms with E-state index in [1.54, 1.807) is 7.05 Å². The molecular formula is C5H14N2OSi. The topological polar surface area (TPSA) is 41.1 Å². The molecule has 0 aromatic rings. The first-order valence-electron chi connectivity index (χ1n) is 3.26. The van der Waals surface area contributed by atoms with Gasteiger partial charge in [0.15, 0.2) is 0 Å². The van der Waals surface area contributed by atoms with Crippen LogP contribution in [-0.4, -0.2) is 29.9 Å². The Kier molecular flexibility index (Phi) is 5.30. The molecule has 0 aliphatic carbocycles. The lowest BCUT2D eigenvalue weighted by Crippen LogP contribution is -2.33. The van der Waals surface area contributed by atoms with Crippen LogP contribution in [0.1, 0.15) is 6.42 Å². The molecule has 3 nitrogen and oxygen atoms in total. The van der Waals surface area contributed by atoms with Crippen molar-refractivity contribution in [1.82, 2.24) is 10.6 Å². The second kappa shape index (κ2) is 5.62. The van der Waals surface area contributed by atoms with Gasteiger partial charge in [-0.2, -0.15) is 0 Å². The average Bonchev–Trinajstić information content (AvgIpc) is 1.89. The van der Waals surface area contributed by atoms with E-state index in [-0.39, 0.29) is 6.03 Å². The van der Waals surface area contributed by atoms with Crippen molar-refractivity contribution >= 4 is 16.3 Å². The monoisotopic (exact) mass is 146 g/mol. The Hall–Kier alpha value is -0.513. The van der Waals surface area contributed by atoms with E-state index in [2.05, 4.69) is 10.6 Å². The molecule has 0 aliphatic heterocycles. The quantitative estimate of drug-likeness (QED) is 0.393. The van der Waals surface area contributed by atoms with Crippen molar-refractivity contribution in [2.75, 3.05) is 13.6 Å². The Morgan fingerprint density at radius 2 is 2.33 bits per heavy atom. The molecule has 0 spiro atoms. The Morgan fingerprint density at radius 3 is 2.78 bits per heavy atom. The number of carbonyl (C=O) groups is 1. The molecule has 0 heterocycles. The highest BCUT2D eigenvalue weighted by atomic mass is 28.1. The molecule has 0 saturated heterocycles. The minimum atomic E-state index is -0.0786. The molecule has 0 aliphatic rings. The largest absolute Gasteiger partial charge is 0.341 e. The van der Waals surface area contributed by atoms with E-state index in [0.29, 0.717) is 0 Å². The Morgan fingerprint density at radius 1 is 1.67 bits per heavy atom. The highest BCUT2D eigenvalue weighted by Crippen LogP contribution is 1.78. The third-order valence-electron chi connectivity index (χ3n) is 1.04. The fraction of sp³-hybridized carbons (Fsp3) is 0.800. The maximum atomic E-state index is 10.5. The Labute approximate surface area is 58.6 Å². The number of carbonyl (C=O) groups excluding carboxylic acids is 1. The van der Waals surface area contributed by atoms with Crippen LogP contribution in [0.15, 0.2) is 0 Å². The molecule has 9 heavy (non-hydrogen) atoms. The lowest BCUT2D eigenvalue weighted by atomic mass is 10.5. The van der Waals surface area contributed by atoms with E-state index in [1.807, 2.05) is 0 Å². The summed E-state index contributed by atoms with van der Waals surface area (Å²) in [6, 6.07) is 1.18. The standard InChI is InChI=1S/C5H14N2OSi/c1-6-5(8)7-3-2-4-9/h2-4H2,1,9H3,(H2,6,7,8). The van der Waals surface area contributed by atoms with Crippen LogP contribution in [0.4, 0.5) is 4.79 Å². The first-order chi connectivity index (χ1) is 4.31. The predicted octanol–water partition coefficient (Wildman–Crippen LogP) is -0.911. The molecule has 4 heteroatoms. The van der Waals surface area contributed by atoms with Crippen molar-refractivity contribution in [2.45, 2.75) is 12.5 Å². The first-order valence-corrected chi connectivity index (χ1v) is 4.68. The summed E-state index contributed by atoms with van der Waals surface area (Å²) in [4.78, 5) is 10.5. The maximum Gasteiger partial charge on any atom is 0.314 e. The van der Waals surface area contributed by atoms with Gasteiger partial charge in [0, 0.05) is 23.8 Å². The summed E-state index contributed by atoms with van der Waals surface area (Å²) in [5.41, 5.74) is 0. The highest BCUT2D eigenvalue weighted by molar-refractivity contribution is 6.08. The van der Waals surface area contributed by atoms with E-state index in [4.69, 9.17) is 0 Å². The third kappa shape index (κ3) is 5.36. The number of hydrogen-bond donors (Lipinski definition) is 2. The molecule has 0 bridgehead atoms. The number of hydrogen-bond acceptors (Lipinski definition) is 1. The Balaban J connectivity index is 2.97. The van der Waals surface area contributed by atoms with Gasteiger partial charge in [-0.05, 0) is 6.42 Å². The fourth-order valence-electron chi connectivity index (χ4n) is 0.467. The summed E-state index contributed by atoms with van der Waals surface area (Å²) < 4.78 is 0. The summed E-state index contributed by atoms with van der Waals surface area (Å²) in [6.07, 6.45) is 1.11. The summed E-state index contributed by atoms with van der Waals surface area (Å²) in [5.74, 6) is 0. The molecule has 0 rings (SSSR count). The molecule has 0 unspecified atom stereocenters. The van der Waals surface area contributed by atoms with Gasteiger partial charge in [0.25, 0.3) is 0 Å². The molecule has 2 N–H and O–H groups in total. The Bertz CT molecular complexity index is 87.0. The van der Waals surface area contributed by atoms with E-state index in [1.165, 1.54) is 16.3 Å². The first kappa shape index (κ1) is 8.49. The number of rotatable bonds is 3. The van der Waals surface area contributed by atoms with Crippen LogP contribution >= 0.6 is 0 Å². The smallest absolute Gasteiger partial charge is 0.314 e. The normalized spacial score (nSPS) is 9.00. The SMILES string of the molecule is CNC(=O)NCCC[SiH3]. The van der Waals surface area contributed by atoms with Crippen LogP contribution in [-0.2, 0) is 0 Å². The number of urea groups is 1. The van der Waals surface area contributed by atoms with Crippen LogP contribution < -0.4 is 10.6 Å². The molecule has 0 saturated carbocycles. The summed E-state index contributed by atoms with van der Waals surface area (Å²) in [6.45, 7) is 0.809. The summed E-state index contributed by atoms with van der Waals surface area (Å²) in [7, 11) is 2.85. The number of amides is 2. The van der Waals surface area contributed by atoms with Crippen LogP contribution in [0.2, 0.25) is 6.04 Å². The second-order valence-corrected chi connectivity index (χ2v) is 2.86. The van der Waals surface area contributed by atoms with Gasteiger partial charge in [-0.1, -0.05) is 6.04 Å². The van der Waals surface area contributed by atoms with Gasteiger partial charge in [0.1, 0.15) is 0 Å². The van der Waals surface area contributed by atoms with E-state index >= 15 is 0 Å². The molecule has 2 amide bonds. The van der Waals surface area contributed by atoms with Gasteiger partial charge in [-0.3, -0.25) is 0 Å². The maximum absolute atomic E-state index is 10.5. The van der Waals surface area contributed by atoms with E-state index in [9.17, 15) is 4.79 Å². The molecule has 54 valence electrons. The predicted molar refractivity (Wildman–Crippen MR) is 41.8 cm³/mol. The van der Waals surface area contributed by atoms with Crippen LogP contribution in [0.5, 0.6) is 0 Å². The minimum Gasteiger partial charge on any atom is -0.341 e. The van der Waals surface area contributed by atoms with Crippen LogP contribution in [0.25, 0.3) is 0 Å². The molecule has 0 atom stereocenters. The van der Waals surface area contributed by atoms with Crippen molar-refractivity contribution in [3.05, 3.63) is 0 Å². The van der Waals surface area contributed by atoms with E-state index in [0.717, 1.165) is 13.0 Å². The van der Waals surface area contributed by atoms with Crippen molar-refractivity contribution in [1.29, 1.82) is 0 Å². The highest BCUT2D eigenvalue weighted by Gasteiger charge is 1.90. The minimum absolute atomic E-state index is 0.0786. The zero-order valence-electron chi connectivity index (χ0n) is 6.03. The van der Waals surface area contributed by atoms with Crippen molar-refractivity contribution < 1.29 is 4.79 Å². The number of nitrogens with one attached hydrogen (secondary N) is 2. The lowest BCUT2D eigenvalue weighted by molar-refractivity contribution is 0.243. The fourth-order valence-corrected chi connectivity index (χ4v) is 0.821. The third-order valence-corrected chi connectivity index (χ3v) is 1.75. The average molecular weight is 146 g/mol.